The Bertz CT molecular complexity index is 765. The molecule has 2 N–H and O–H groups in total. The SMILES string of the molecule is CCOC(=O)CN(C)CC1CNNC1c1ccc2cc(OC)ccc2c1. The summed E-state index contributed by atoms with van der Waals surface area (Å²) in [7, 11) is 3.64. The van der Waals surface area contributed by atoms with Gasteiger partial charge in [0.15, 0.2) is 0 Å². The molecule has 1 aliphatic heterocycles. The monoisotopic (exact) mass is 357 g/mol. The predicted molar refractivity (Wildman–Crippen MR) is 102 cm³/mol. The molecule has 6 heteroatoms. The minimum atomic E-state index is -0.176. The summed E-state index contributed by atoms with van der Waals surface area (Å²) < 4.78 is 10.3. The lowest BCUT2D eigenvalue weighted by Crippen LogP contribution is -2.34. The van der Waals surface area contributed by atoms with Crippen LogP contribution in [0, 0.1) is 5.92 Å². The van der Waals surface area contributed by atoms with E-state index in [2.05, 4.69) is 35.1 Å². The van der Waals surface area contributed by atoms with Gasteiger partial charge in [0.05, 0.1) is 26.3 Å². The molecule has 2 aromatic carbocycles. The van der Waals surface area contributed by atoms with Crippen LogP contribution >= 0.6 is 0 Å². The van der Waals surface area contributed by atoms with E-state index in [1.807, 2.05) is 31.0 Å². The zero-order chi connectivity index (χ0) is 18.5. The van der Waals surface area contributed by atoms with Gasteiger partial charge in [-0.15, -0.1) is 0 Å². The average Bonchev–Trinajstić information content (AvgIpc) is 3.08. The Labute approximate surface area is 154 Å². The average molecular weight is 357 g/mol. The summed E-state index contributed by atoms with van der Waals surface area (Å²) >= 11 is 0. The van der Waals surface area contributed by atoms with E-state index < -0.39 is 0 Å². The molecule has 2 aromatic rings. The van der Waals surface area contributed by atoms with Gasteiger partial charge in [-0.05, 0) is 48.5 Å². The molecule has 3 rings (SSSR count). The molecule has 0 aliphatic carbocycles. The first-order valence-electron chi connectivity index (χ1n) is 9.01. The fourth-order valence-electron chi connectivity index (χ4n) is 3.52. The molecule has 1 heterocycles. The van der Waals surface area contributed by atoms with Crippen molar-refractivity contribution >= 4 is 16.7 Å². The van der Waals surface area contributed by atoms with Gasteiger partial charge in [-0.3, -0.25) is 15.1 Å². The van der Waals surface area contributed by atoms with Crippen molar-refractivity contribution in [3.05, 3.63) is 42.0 Å². The number of esters is 1. The molecule has 0 amide bonds. The Kier molecular flexibility index (Phi) is 6.08. The summed E-state index contributed by atoms with van der Waals surface area (Å²) in [4.78, 5) is 13.7. The van der Waals surface area contributed by atoms with Gasteiger partial charge in [0.25, 0.3) is 0 Å². The summed E-state index contributed by atoms with van der Waals surface area (Å²) in [6.45, 7) is 4.23. The van der Waals surface area contributed by atoms with Crippen LogP contribution in [0.2, 0.25) is 0 Å². The number of ether oxygens (including phenoxy) is 2. The van der Waals surface area contributed by atoms with Crippen LogP contribution in [-0.2, 0) is 9.53 Å². The fraction of sp³-hybridized carbons (Fsp3) is 0.450. The molecule has 1 aliphatic rings. The van der Waals surface area contributed by atoms with Crippen LogP contribution < -0.4 is 15.6 Å². The summed E-state index contributed by atoms with van der Waals surface area (Å²) in [5, 5.41) is 2.35. The minimum Gasteiger partial charge on any atom is -0.497 e. The van der Waals surface area contributed by atoms with Gasteiger partial charge in [0, 0.05) is 19.0 Å². The number of fused-ring (bicyclic) bond motifs is 1. The van der Waals surface area contributed by atoms with Gasteiger partial charge in [0.2, 0.25) is 0 Å². The number of methoxy groups -OCH3 is 1. The molecule has 0 spiro atoms. The number of carbonyl (C=O) groups is 1. The van der Waals surface area contributed by atoms with Gasteiger partial charge in [-0.25, -0.2) is 5.43 Å². The lowest BCUT2D eigenvalue weighted by atomic mass is 9.93. The van der Waals surface area contributed by atoms with Crippen molar-refractivity contribution in [1.82, 2.24) is 15.8 Å². The molecule has 26 heavy (non-hydrogen) atoms. The van der Waals surface area contributed by atoms with Crippen LogP contribution in [0.4, 0.5) is 0 Å². The zero-order valence-corrected chi connectivity index (χ0v) is 15.6. The largest absolute Gasteiger partial charge is 0.497 e. The second kappa shape index (κ2) is 8.49. The van der Waals surface area contributed by atoms with Crippen LogP contribution in [0.15, 0.2) is 36.4 Å². The van der Waals surface area contributed by atoms with Gasteiger partial charge in [-0.1, -0.05) is 18.2 Å². The first-order valence-corrected chi connectivity index (χ1v) is 9.01. The smallest absolute Gasteiger partial charge is 0.320 e. The predicted octanol–water partition coefficient (Wildman–Crippen LogP) is 2.11. The topological polar surface area (TPSA) is 62.8 Å². The van der Waals surface area contributed by atoms with E-state index in [9.17, 15) is 4.79 Å². The third-order valence-corrected chi connectivity index (χ3v) is 4.77. The molecule has 0 radical (unpaired) electrons. The molecule has 2 unspecified atom stereocenters. The number of rotatable bonds is 7. The first kappa shape index (κ1) is 18.6. The van der Waals surface area contributed by atoms with E-state index in [0.29, 0.717) is 19.1 Å². The second-order valence-corrected chi connectivity index (χ2v) is 6.74. The van der Waals surface area contributed by atoms with Gasteiger partial charge < -0.3 is 9.47 Å². The van der Waals surface area contributed by atoms with Crippen molar-refractivity contribution in [1.29, 1.82) is 0 Å². The van der Waals surface area contributed by atoms with Crippen LogP contribution in [0.25, 0.3) is 10.8 Å². The Balaban J connectivity index is 1.71. The van der Waals surface area contributed by atoms with Crippen molar-refractivity contribution in [3.63, 3.8) is 0 Å². The fourth-order valence-corrected chi connectivity index (χ4v) is 3.52. The molecular formula is C20H27N3O3. The van der Waals surface area contributed by atoms with E-state index in [4.69, 9.17) is 9.47 Å². The van der Waals surface area contributed by atoms with E-state index in [1.54, 1.807) is 7.11 Å². The molecule has 140 valence electrons. The van der Waals surface area contributed by atoms with Crippen LogP contribution in [0.1, 0.15) is 18.5 Å². The molecule has 1 fully saturated rings. The highest BCUT2D eigenvalue weighted by Crippen LogP contribution is 2.29. The maximum absolute atomic E-state index is 11.7. The van der Waals surface area contributed by atoms with Crippen LogP contribution in [-0.4, -0.2) is 51.3 Å². The minimum absolute atomic E-state index is 0.176. The lowest BCUT2D eigenvalue weighted by molar-refractivity contribution is -0.144. The van der Waals surface area contributed by atoms with E-state index in [1.165, 1.54) is 10.9 Å². The lowest BCUT2D eigenvalue weighted by Gasteiger charge is -2.24. The standard InChI is InChI=1S/C20H27N3O3/c1-4-26-19(24)13-23(2)12-17-11-21-22-20(17)16-6-5-15-10-18(25-3)8-7-14(15)9-16/h5-10,17,20-22H,4,11-13H2,1-3H3. The quantitative estimate of drug-likeness (QED) is 0.740. The second-order valence-electron chi connectivity index (χ2n) is 6.74. The molecule has 0 saturated carbocycles. The van der Waals surface area contributed by atoms with Crippen LogP contribution in [0.3, 0.4) is 0 Å². The van der Waals surface area contributed by atoms with Crippen molar-refractivity contribution in [3.8, 4) is 5.75 Å². The number of nitrogens with zero attached hydrogens (tertiary/aromatic N) is 1. The van der Waals surface area contributed by atoms with E-state index in [0.717, 1.165) is 24.2 Å². The molecule has 6 nitrogen and oxygen atoms in total. The maximum atomic E-state index is 11.7. The summed E-state index contributed by atoms with van der Waals surface area (Å²) in [5.74, 6) is 1.06. The highest BCUT2D eigenvalue weighted by molar-refractivity contribution is 5.84. The Morgan fingerprint density at radius 1 is 1.23 bits per heavy atom. The van der Waals surface area contributed by atoms with Gasteiger partial charge in [-0.2, -0.15) is 0 Å². The number of benzene rings is 2. The highest BCUT2D eigenvalue weighted by atomic mass is 16.5. The van der Waals surface area contributed by atoms with Gasteiger partial charge >= 0.3 is 5.97 Å². The zero-order valence-electron chi connectivity index (χ0n) is 15.6. The number of hydrazine groups is 1. The maximum Gasteiger partial charge on any atom is 0.320 e. The number of likely N-dealkylation sites (N-methyl/N-ethyl adjacent to an activating group) is 1. The molecule has 1 saturated heterocycles. The van der Waals surface area contributed by atoms with Crippen molar-refractivity contribution in [2.24, 2.45) is 5.92 Å². The van der Waals surface area contributed by atoms with Crippen LogP contribution in [0.5, 0.6) is 5.75 Å². The normalized spacial score (nSPS) is 19.8. The third kappa shape index (κ3) is 4.33. The Morgan fingerprint density at radius 2 is 2.00 bits per heavy atom. The van der Waals surface area contributed by atoms with Crippen molar-refractivity contribution < 1.29 is 14.3 Å². The molecule has 0 bridgehead atoms. The number of carbonyl (C=O) groups excluding carboxylic acids is 1. The molecular weight excluding hydrogens is 330 g/mol. The van der Waals surface area contributed by atoms with Crippen molar-refractivity contribution in [2.75, 3.05) is 40.4 Å². The molecule has 2 atom stereocenters. The first-order chi connectivity index (χ1) is 12.6. The summed E-state index contributed by atoms with van der Waals surface area (Å²) in [6.07, 6.45) is 0. The Hall–Kier alpha value is -2.15. The summed E-state index contributed by atoms with van der Waals surface area (Å²) in [5.41, 5.74) is 7.87. The Morgan fingerprint density at radius 3 is 2.77 bits per heavy atom. The van der Waals surface area contributed by atoms with Gasteiger partial charge in [0.1, 0.15) is 5.75 Å². The summed E-state index contributed by atoms with van der Waals surface area (Å²) in [6, 6.07) is 12.8. The third-order valence-electron chi connectivity index (χ3n) is 4.77. The number of hydrogen-bond acceptors (Lipinski definition) is 6. The number of nitrogens with one attached hydrogen (secondary N) is 2. The number of hydrogen-bond donors (Lipinski definition) is 2. The molecule has 0 aromatic heterocycles. The van der Waals surface area contributed by atoms with E-state index >= 15 is 0 Å². The van der Waals surface area contributed by atoms with Crippen molar-refractivity contribution in [2.45, 2.75) is 13.0 Å². The highest BCUT2D eigenvalue weighted by Gasteiger charge is 2.29. The van der Waals surface area contributed by atoms with E-state index in [-0.39, 0.29) is 12.0 Å².